The number of hydrogen-bond acceptors (Lipinski definition) is 14. The minimum atomic E-state index is -0.957. The van der Waals surface area contributed by atoms with Crippen LogP contribution in [0.5, 0.6) is 0 Å². The van der Waals surface area contributed by atoms with Crippen molar-refractivity contribution in [2.24, 2.45) is 0 Å². The lowest BCUT2D eigenvalue weighted by molar-refractivity contribution is -0.527. The number of carbonyl (C=O) groups is 1. The number of fused-ring (bicyclic) bond motifs is 1. The van der Waals surface area contributed by atoms with Crippen LogP contribution in [0, 0.1) is 0 Å². The first-order chi connectivity index (χ1) is 14.9. The van der Waals surface area contributed by atoms with Crippen LogP contribution >= 0.6 is 0 Å². The Morgan fingerprint density at radius 3 is 2.42 bits per heavy atom. The number of hydrogen-bond donors (Lipinski definition) is 4. The first-order valence-corrected chi connectivity index (χ1v) is 10.3. The van der Waals surface area contributed by atoms with Gasteiger partial charge in [-0.1, -0.05) is 0 Å². The van der Waals surface area contributed by atoms with Crippen molar-refractivity contribution in [1.82, 2.24) is 10.8 Å². The maximum absolute atomic E-state index is 12.2. The molecular weight excluding hydrogens is 424 g/mol. The lowest BCUT2D eigenvalue weighted by Crippen LogP contribution is -2.38. The molecule has 0 radical (unpaired) electrons. The van der Waals surface area contributed by atoms with Crippen molar-refractivity contribution in [3.8, 4) is 0 Å². The molecule has 3 heterocycles. The van der Waals surface area contributed by atoms with Crippen LogP contribution < -0.4 is 0 Å². The third kappa shape index (κ3) is 7.81. The molecule has 0 aromatic rings. The largest absolute Gasteiger partial charge is 0.457 e. The van der Waals surface area contributed by atoms with E-state index in [9.17, 15) is 4.79 Å². The van der Waals surface area contributed by atoms with Gasteiger partial charge in [0.15, 0.2) is 12.4 Å². The first-order valence-electron chi connectivity index (χ1n) is 10.3. The molecule has 4 N–H and O–H groups in total. The second kappa shape index (κ2) is 12.3. The van der Waals surface area contributed by atoms with Crippen molar-refractivity contribution in [1.29, 1.82) is 0 Å². The van der Waals surface area contributed by atoms with Crippen LogP contribution in [0.15, 0.2) is 0 Å². The number of nitrogens with zero attached hydrogens (tertiary/aromatic N) is 2. The molecule has 14 nitrogen and oxygen atoms in total. The second-order valence-corrected chi connectivity index (χ2v) is 7.52. The summed E-state index contributed by atoms with van der Waals surface area (Å²) in [7, 11) is 0. The van der Waals surface area contributed by atoms with Gasteiger partial charge < -0.3 is 23.7 Å². The van der Waals surface area contributed by atoms with Crippen LogP contribution in [-0.4, -0.2) is 101 Å². The van der Waals surface area contributed by atoms with E-state index in [1.54, 1.807) is 0 Å². The number of esters is 1. The van der Waals surface area contributed by atoms with Gasteiger partial charge in [0.25, 0.3) is 0 Å². The van der Waals surface area contributed by atoms with Gasteiger partial charge in [-0.25, -0.2) is 9.68 Å². The van der Waals surface area contributed by atoms with E-state index in [0.717, 1.165) is 19.3 Å². The lowest BCUT2D eigenvalue weighted by Gasteiger charge is -2.27. The molecule has 0 aromatic heterocycles. The summed E-state index contributed by atoms with van der Waals surface area (Å²) in [6, 6.07) is 0. The third-order valence-corrected chi connectivity index (χ3v) is 5.24. The molecule has 3 aliphatic heterocycles. The molecule has 6 atom stereocenters. The smallest absolute Gasteiger partial charge is 0.306 e. The predicted molar refractivity (Wildman–Crippen MR) is 93.3 cm³/mol. The molecule has 0 amide bonds. The zero-order valence-corrected chi connectivity index (χ0v) is 17.0. The van der Waals surface area contributed by atoms with Gasteiger partial charge in [0.2, 0.25) is 0 Å². The molecular formula is C17H30N2O12. The summed E-state index contributed by atoms with van der Waals surface area (Å²) in [6.45, 7) is 0.824. The zero-order chi connectivity index (χ0) is 22.2. The van der Waals surface area contributed by atoms with E-state index in [2.05, 4.69) is 9.68 Å². The molecule has 0 bridgehead atoms. The summed E-state index contributed by atoms with van der Waals surface area (Å²) in [5.74, 6) is -0.478. The molecule has 3 rings (SSSR count). The highest BCUT2D eigenvalue weighted by Crippen LogP contribution is 2.32. The molecule has 180 valence electrons. The Bertz CT molecular complexity index is 547. The van der Waals surface area contributed by atoms with Crippen molar-refractivity contribution in [2.45, 2.75) is 75.3 Å². The summed E-state index contributed by atoms with van der Waals surface area (Å²) >= 11 is 0. The van der Waals surface area contributed by atoms with Crippen LogP contribution in [0.4, 0.5) is 0 Å². The minimum Gasteiger partial charge on any atom is -0.457 e. The molecule has 0 spiro atoms. The minimum absolute atomic E-state index is 0.0163. The Morgan fingerprint density at radius 2 is 1.74 bits per heavy atom. The van der Waals surface area contributed by atoms with Gasteiger partial charge in [-0.3, -0.25) is 25.6 Å². The van der Waals surface area contributed by atoms with E-state index in [-0.39, 0.29) is 44.4 Å². The van der Waals surface area contributed by atoms with E-state index >= 15 is 0 Å². The van der Waals surface area contributed by atoms with Gasteiger partial charge in [0.05, 0.1) is 24.0 Å². The van der Waals surface area contributed by atoms with E-state index < -0.39 is 41.7 Å². The van der Waals surface area contributed by atoms with Crippen LogP contribution in [0.3, 0.4) is 0 Å². The van der Waals surface area contributed by atoms with Crippen molar-refractivity contribution in [3.63, 3.8) is 0 Å². The summed E-state index contributed by atoms with van der Waals surface area (Å²) in [6.07, 6.45) is 0.571. The van der Waals surface area contributed by atoms with Crippen molar-refractivity contribution >= 4 is 5.97 Å². The van der Waals surface area contributed by atoms with Gasteiger partial charge in [-0.2, -0.15) is 0 Å². The maximum Gasteiger partial charge on any atom is 0.306 e. The number of carbonyl (C=O) groups excluding carboxylic acids is 1. The third-order valence-electron chi connectivity index (χ3n) is 5.24. The van der Waals surface area contributed by atoms with Gasteiger partial charge in [-0.15, -0.1) is 0 Å². The Labute approximate surface area is 178 Å². The van der Waals surface area contributed by atoms with Crippen LogP contribution in [-0.2, 0) is 38.2 Å². The lowest BCUT2D eigenvalue weighted by atomic mass is 10.1. The van der Waals surface area contributed by atoms with Gasteiger partial charge in [0, 0.05) is 13.0 Å². The Balaban J connectivity index is 1.36. The molecule has 0 aromatic carbocycles. The fraction of sp³-hybridized carbons (Fsp3) is 0.941. The number of rotatable bonds is 12. The van der Waals surface area contributed by atoms with Gasteiger partial charge >= 0.3 is 5.97 Å². The zero-order valence-electron chi connectivity index (χ0n) is 17.0. The monoisotopic (exact) mass is 454 g/mol. The highest BCUT2D eigenvalue weighted by Gasteiger charge is 2.50. The first kappa shape index (κ1) is 24.6. The SMILES string of the molecule is O=C(CCC[C@@H](CON(O)O)ON(O)O)O[C@@H]1CO[C@H]2[C@@H]1OC[C@H]2OC1CCCCO1. The highest BCUT2D eigenvalue weighted by atomic mass is 17.1. The summed E-state index contributed by atoms with van der Waals surface area (Å²) in [5.41, 5.74) is 0. The maximum atomic E-state index is 12.2. The standard InChI is InChI=1S/C17H30N2O12/c20-14(5-3-4-11(31-19(23)24)8-28-18(21)22)29-12-9-26-17-13(10-27-16(12)17)30-15-6-1-2-7-25-15/h11-13,15-17,21-24H,1-10H2/t11-,12+,13+,15?,16+,17+/m0/s1. The molecule has 0 saturated carbocycles. The van der Waals surface area contributed by atoms with E-state index in [0.29, 0.717) is 13.2 Å². The second-order valence-electron chi connectivity index (χ2n) is 7.52. The summed E-state index contributed by atoms with van der Waals surface area (Å²) in [4.78, 5) is 21.2. The van der Waals surface area contributed by atoms with Crippen molar-refractivity contribution in [2.75, 3.05) is 26.4 Å². The van der Waals surface area contributed by atoms with E-state index in [1.807, 2.05) is 0 Å². The average Bonchev–Trinajstić information content (AvgIpc) is 3.30. The highest BCUT2D eigenvalue weighted by molar-refractivity contribution is 5.69. The van der Waals surface area contributed by atoms with E-state index in [1.165, 1.54) is 0 Å². The Kier molecular flexibility index (Phi) is 9.76. The summed E-state index contributed by atoms with van der Waals surface area (Å²) in [5, 5.41) is 33.5. The van der Waals surface area contributed by atoms with Crippen LogP contribution in [0.2, 0.25) is 0 Å². The summed E-state index contributed by atoms with van der Waals surface area (Å²) < 4.78 is 28.5. The topological polar surface area (TPSA) is 169 Å². The molecule has 3 aliphatic rings. The predicted octanol–water partition coefficient (Wildman–Crippen LogP) is 0.171. The van der Waals surface area contributed by atoms with Crippen molar-refractivity contribution < 1.29 is 59.0 Å². The van der Waals surface area contributed by atoms with E-state index in [4.69, 9.17) is 44.5 Å². The average molecular weight is 454 g/mol. The quantitative estimate of drug-likeness (QED) is 0.232. The van der Waals surface area contributed by atoms with Gasteiger partial charge in [-0.05, 0) is 32.1 Å². The van der Waals surface area contributed by atoms with Crippen LogP contribution in [0.25, 0.3) is 0 Å². The molecule has 3 saturated heterocycles. The Morgan fingerprint density at radius 1 is 1.00 bits per heavy atom. The Hall–Kier alpha value is -1.01. The molecule has 14 heteroatoms. The molecule has 3 fully saturated rings. The normalized spacial score (nSPS) is 31.9. The fourth-order valence-corrected chi connectivity index (χ4v) is 3.81. The number of ether oxygens (including phenoxy) is 5. The molecule has 0 aliphatic carbocycles. The van der Waals surface area contributed by atoms with Crippen LogP contribution in [0.1, 0.15) is 38.5 Å². The molecule has 1 unspecified atom stereocenters. The molecule has 31 heavy (non-hydrogen) atoms. The van der Waals surface area contributed by atoms with Crippen molar-refractivity contribution in [3.05, 3.63) is 0 Å². The fourth-order valence-electron chi connectivity index (χ4n) is 3.81. The van der Waals surface area contributed by atoms with Gasteiger partial charge in [0.1, 0.15) is 31.0 Å².